The van der Waals surface area contributed by atoms with Crippen molar-refractivity contribution in [1.82, 2.24) is 5.32 Å². The third-order valence-corrected chi connectivity index (χ3v) is 4.62. The second-order valence-electron chi connectivity index (χ2n) is 4.26. The van der Waals surface area contributed by atoms with E-state index in [2.05, 4.69) is 5.32 Å². The lowest BCUT2D eigenvalue weighted by molar-refractivity contribution is -0.120. The number of methoxy groups -OCH3 is 1. The van der Waals surface area contributed by atoms with Crippen molar-refractivity contribution in [2.24, 2.45) is 0 Å². The number of nitrogens with one attached hydrogen (secondary N) is 1. The Morgan fingerprint density at radius 2 is 2.25 bits per heavy atom. The molecule has 7 heteroatoms. The van der Waals surface area contributed by atoms with E-state index in [0.29, 0.717) is 28.8 Å². The van der Waals surface area contributed by atoms with Crippen molar-refractivity contribution >= 4 is 34.0 Å². The quantitative estimate of drug-likeness (QED) is 0.590. The van der Waals surface area contributed by atoms with E-state index in [4.69, 9.17) is 22.1 Å². The number of carbonyl (C=O) groups excluding carboxylic acids is 1. The molecule has 0 heterocycles. The number of ether oxygens (including phenoxy) is 1. The molecule has 112 valence electrons. The standard InChI is InChI=1S/C13H19ClN2O3S/c1-9(13(17)16-6-3-7-19-2)20(18)10-4-5-12(15)11(14)8-10/h4-5,8-9H,3,6-7,15H2,1-2H3,(H,16,17). The Hall–Kier alpha value is -1.11. The predicted molar refractivity (Wildman–Crippen MR) is 81.2 cm³/mol. The second kappa shape index (κ2) is 8.24. The van der Waals surface area contributed by atoms with Gasteiger partial charge in [-0.1, -0.05) is 11.6 Å². The average molecular weight is 319 g/mol. The lowest BCUT2D eigenvalue weighted by atomic mass is 10.3. The van der Waals surface area contributed by atoms with Gasteiger partial charge in [-0.15, -0.1) is 0 Å². The van der Waals surface area contributed by atoms with Gasteiger partial charge >= 0.3 is 0 Å². The van der Waals surface area contributed by atoms with Crippen LogP contribution in [0.1, 0.15) is 13.3 Å². The van der Waals surface area contributed by atoms with Gasteiger partial charge in [0.05, 0.1) is 21.5 Å². The summed E-state index contributed by atoms with van der Waals surface area (Å²) in [6.07, 6.45) is 0.718. The minimum absolute atomic E-state index is 0.257. The van der Waals surface area contributed by atoms with Crippen molar-refractivity contribution in [3.63, 3.8) is 0 Å². The van der Waals surface area contributed by atoms with Gasteiger partial charge in [-0.25, -0.2) is 0 Å². The Kier molecular flexibility index (Phi) is 6.98. The summed E-state index contributed by atoms with van der Waals surface area (Å²) in [5, 5.41) is 2.41. The fourth-order valence-corrected chi connectivity index (χ4v) is 2.87. The molecule has 5 nitrogen and oxygen atoms in total. The molecule has 0 saturated heterocycles. The van der Waals surface area contributed by atoms with Crippen LogP contribution in [-0.2, 0) is 20.3 Å². The largest absolute Gasteiger partial charge is 0.398 e. The van der Waals surface area contributed by atoms with Crippen LogP contribution in [0.5, 0.6) is 0 Å². The molecule has 0 radical (unpaired) electrons. The Morgan fingerprint density at radius 1 is 1.55 bits per heavy atom. The third kappa shape index (κ3) is 4.77. The molecule has 2 atom stereocenters. The number of carbonyl (C=O) groups is 1. The summed E-state index contributed by atoms with van der Waals surface area (Å²) < 4.78 is 17.2. The van der Waals surface area contributed by atoms with E-state index in [1.807, 2.05) is 0 Å². The number of halogens is 1. The van der Waals surface area contributed by atoms with E-state index < -0.39 is 16.0 Å². The summed E-state index contributed by atoms with van der Waals surface area (Å²) in [7, 11) is 0.134. The molecular formula is C13H19ClN2O3S. The highest BCUT2D eigenvalue weighted by atomic mass is 35.5. The SMILES string of the molecule is COCCCNC(=O)C(C)S(=O)c1ccc(N)c(Cl)c1. The summed E-state index contributed by atoms with van der Waals surface area (Å²) in [5.41, 5.74) is 6.02. The molecule has 0 fully saturated rings. The number of anilines is 1. The molecule has 0 aromatic heterocycles. The smallest absolute Gasteiger partial charge is 0.235 e. The molecule has 0 aliphatic carbocycles. The zero-order valence-corrected chi connectivity index (χ0v) is 13.1. The highest BCUT2D eigenvalue weighted by Gasteiger charge is 2.21. The maximum Gasteiger partial charge on any atom is 0.235 e. The van der Waals surface area contributed by atoms with E-state index in [1.54, 1.807) is 26.2 Å². The Morgan fingerprint density at radius 3 is 2.85 bits per heavy atom. The van der Waals surface area contributed by atoms with Crippen LogP contribution in [0, 0.1) is 0 Å². The summed E-state index contributed by atoms with van der Waals surface area (Å²) in [6, 6.07) is 4.73. The van der Waals surface area contributed by atoms with E-state index in [1.165, 1.54) is 6.07 Å². The van der Waals surface area contributed by atoms with Crippen LogP contribution in [-0.4, -0.2) is 35.6 Å². The van der Waals surface area contributed by atoms with Crippen LogP contribution in [0.4, 0.5) is 5.69 Å². The first-order valence-electron chi connectivity index (χ1n) is 6.19. The average Bonchev–Trinajstić information content (AvgIpc) is 2.44. The third-order valence-electron chi connectivity index (χ3n) is 2.72. The number of amides is 1. The van der Waals surface area contributed by atoms with Crippen molar-refractivity contribution in [3.05, 3.63) is 23.2 Å². The number of nitrogen functional groups attached to an aromatic ring is 1. The molecule has 0 saturated carbocycles. The number of benzene rings is 1. The van der Waals surface area contributed by atoms with Crippen LogP contribution in [0.2, 0.25) is 5.02 Å². The van der Waals surface area contributed by atoms with Crippen LogP contribution >= 0.6 is 11.6 Å². The van der Waals surface area contributed by atoms with Gasteiger partial charge in [0.1, 0.15) is 5.25 Å². The molecule has 0 aliphatic heterocycles. The van der Waals surface area contributed by atoms with Gasteiger partial charge in [0.25, 0.3) is 0 Å². The predicted octanol–water partition coefficient (Wildman–Crippen LogP) is 1.57. The minimum Gasteiger partial charge on any atom is -0.398 e. The zero-order chi connectivity index (χ0) is 15.1. The van der Waals surface area contributed by atoms with Crippen LogP contribution < -0.4 is 11.1 Å². The maximum atomic E-state index is 12.3. The zero-order valence-electron chi connectivity index (χ0n) is 11.5. The molecule has 3 N–H and O–H groups in total. The Balaban J connectivity index is 2.61. The van der Waals surface area contributed by atoms with Gasteiger partial charge in [-0.3, -0.25) is 9.00 Å². The van der Waals surface area contributed by atoms with Crippen molar-refractivity contribution in [1.29, 1.82) is 0 Å². The van der Waals surface area contributed by atoms with E-state index in [-0.39, 0.29) is 5.91 Å². The van der Waals surface area contributed by atoms with Crippen LogP contribution in [0.25, 0.3) is 0 Å². The summed E-state index contributed by atoms with van der Waals surface area (Å²) in [6.45, 7) is 2.69. The molecule has 0 spiro atoms. The van der Waals surface area contributed by atoms with Gasteiger partial charge in [0.2, 0.25) is 5.91 Å². The first-order chi connectivity index (χ1) is 9.47. The topological polar surface area (TPSA) is 81.4 Å². The van der Waals surface area contributed by atoms with Crippen LogP contribution in [0.3, 0.4) is 0 Å². The molecule has 1 amide bonds. The molecular weight excluding hydrogens is 300 g/mol. The molecule has 2 unspecified atom stereocenters. The first kappa shape index (κ1) is 16.9. The van der Waals surface area contributed by atoms with E-state index in [9.17, 15) is 9.00 Å². The molecule has 1 rings (SSSR count). The first-order valence-corrected chi connectivity index (χ1v) is 7.78. The van der Waals surface area contributed by atoms with Crippen LogP contribution in [0.15, 0.2) is 23.1 Å². The van der Waals surface area contributed by atoms with Gasteiger partial charge in [0.15, 0.2) is 0 Å². The summed E-state index contributed by atoms with van der Waals surface area (Å²) in [4.78, 5) is 12.4. The fraction of sp³-hybridized carbons (Fsp3) is 0.462. The van der Waals surface area contributed by atoms with E-state index in [0.717, 1.165) is 6.42 Å². The minimum atomic E-state index is -1.47. The number of nitrogens with two attached hydrogens (primary N) is 1. The molecule has 0 bridgehead atoms. The Labute approximate surface area is 126 Å². The highest BCUT2D eigenvalue weighted by Crippen LogP contribution is 2.22. The lowest BCUT2D eigenvalue weighted by Gasteiger charge is -2.12. The van der Waals surface area contributed by atoms with Crippen molar-refractivity contribution in [3.8, 4) is 0 Å². The van der Waals surface area contributed by atoms with Gasteiger partial charge in [-0.2, -0.15) is 0 Å². The molecule has 1 aromatic carbocycles. The van der Waals surface area contributed by atoms with Crippen molar-refractivity contribution < 1.29 is 13.7 Å². The number of hydrogen-bond acceptors (Lipinski definition) is 4. The second-order valence-corrected chi connectivity index (χ2v) is 6.44. The molecule has 1 aromatic rings. The molecule has 0 aliphatic rings. The molecule has 20 heavy (non-hydrogen) atoms. The number of hydrogen-bond donors (Lipinski definition) is 2. The summed E-state index contributed by atoms with van der Waals surface area (Å²) in [5.74, 6) is -0.257. The highest BCUT2D eigenvalue weighted by molar-refractivity contribution is 7.86. The van der Waals surface area contributed by atoms with Crippen molar-refractivity contribution in [2.75, 3.05) is 26.0 Å². The Bertz CT molecular complexity index is 497. The van der Waals surface area contributed by atoms with Gasteiger partial charge in [0, 0.05) is 25.2 Å². The number of rotatable bonds is 7. The lowest BCUT2D eigenvalue weighted by Crippen LogP contribution is -2.36. The normalized spacial score (nSPS) is 13.8. The fourth-order valence-electron chi connectivity index (χ4n) is 1.51. The van der Waals surface area contributed by atoms with Gasteiger partial charge < -0.3 is 15.8 Å². The monoisotopic (exact) mass is 318 g/mol. The maximum absolute atomic E-state index is 12.3. The summed E-state index contributed by atoms with van der Waals surface area (Å²) >= 11 is 5.89. The van der Waals surface area contributed by atoms with Crippen molar-refractivity contribution in [2.45, 2.75) is 23.5 Å². The van der Waals surface area contributed by atoms with E-state index >= 15 is 0 Å². The van der Waals surface area contributed by atoms with Gasteiger partial charge in [-0.05, 0) is 31.5 Å².